The number of nitrogens with zero attached hydrogens (tertiary/aromatic N) is 3. The van der Waals surface area contributed by atoms with Crippen LogP contribution in [0.4, 0.5) is 0 Å². The highest BCUT2D eigenvalue weighted by Gasteiger charge is 2.27. The minimum atomic E-state index is 0.102. The highest BCUT2D eigenvalue weighted by Crippen LogP contribution is 2.27. The smallest absolute Gasteiger partial charge is 0.138 e. The zero-order chi connectivity index (χ0) is 13.9. The second-order valence-corrected chi connectivity index (χ2v) is 6.39. The summed E-state index contributed by atoms with van der Waals surface area (Å²) in [6.07, 6.45) is 0.296. The first-order valence-corrected chi connectivity index (χ1v) is 7.77. The van der Waals surface area contributed by atoms with E-state index in [1.54, 1.807) is 0 Å². The molecule has 20 heavy (non-hydrogen) atoms. The molecule has 1 aliphatic heterocycles. The molecular formula is C14H16ClN3OS. The predicted octanol–water partition coefficient (Wildman–Crippen LogP) is 3.15. The van der Waals surface area contributed by atoms with Crippen LogP contribution >= 0.6 is 23.1 Å². The van der Waals surface area contributed by atoms with Gasteiger partial charge in [-0.05, 0) is 12.5 Å². The Hall–Kier alpha value is -1.01. The third kappa shape index (κ3) is 3.17. The van der Waals surface area contributed by atoms with E-state index in [4.69, 9.17) is 16.3 Å². The molecule has 0 N–H and O–H groups in total. The van der Waals surface area contributed by atoms with Crippen molar-refractivity contribution in [1.82, 2.24) is 14.5 Å². The molecular weight excluding hydrogens is 294 g/mol. The quantitative estimate of drug-likeness (QED) is 0.873. The Morgan fingerprint density at radius 3 is 2.85 bits per heavy atom. The van der Waals surface area contributed by atoms with Crippen LogP contribution in [-0.4, -0.2) is 33.7 Å². The summed E-state index contributed by atoms with van der Waals surface area (Å²) >= 11 is 7.32. The molecule has 0 aliphatic carbocycles. The van der Waals surface area contributed by atoms with Crippen molar-refractivity contribution >= 4 is 23.1 Å². The van der Waals surface area contributed by atoms with Gasteiger partial charge in [0, 0.05) is 31.2 Å². The predicted molar refractivity (Wildman–Crippen MR) is 79.9 cm³/mol. The van der Waals surface area contributed by atoms with E-state index in [-0.39, 0.29) is 12.2 Å². The van der Waals surface area contributed by atoms with E-state index in [0.717, 1.165) is 25.3 Å². The average Bonchev–Trinajstić information content (AvgIpc) is 2.85. The van der Waals surface area contributed by atoms with Gasteiger partial charge >= 0.3 is 0 Å². The molecule has 0 radical (unpaired) electrons. The molecule has 0 spiro atoms. The maximum absolute atomic E-state index is 6.08. The van der Waals surface area contributed by atoms with Gasteiger partial charge in [0.25, 0.3) is 0 Å². The van der Waals surface area contributed by atoms with E-state index < -0.39 is 0 Å². The van der Waals surface area contributed by atoms with Crippen molar-refractivity contribution in [2.75, 3.05) is 13.1 Å². The lowest BCUT2D eigenvalue weighted by atomic mass is 10.1. The number of hydrogen-bond donors (Lipinski definition) is 0. The first-order valence-electron chi connectivity index (χ1n) is 6.62. The van der Waals surface area contributed by atoms with Gasteiger partial charge in [0.05, 0.1) is 12.2 Å². The van der Waals surface area contributed by atoms with Crippen molar-refractivity contribution in [3.63, 3.8) is 0 Å². The maximum atomic E-state index is 6.08. The lowest BCUT2D eigenvalue weighted by Crippen LogP contribution is -2.42. The first-order chi connectivity index (χ1) is 9.72. The van der Waals surface area contributed by atoms with Gasteiger partial charge in [-0.1, -0.05) is 46.4 Å². The van der Waals surface area contributed by atoms with Gasteiger partial charge in [-0.25, -0.2) is 0 Å². The van der Waals surface area contributed by atoms with Crippen LogP contribution in [0.2, 0.25) is 4.34 Å². The van der Waals surface area contributed by atoms with Crippen LogP contribution in [0, 0.1) is 0 Å². The Morgan fingerprint density at radius 1 is 1.35 bits per heavy atom. The van der Waals surface area contributed by atoms with Gasteiger partial charge in [-0.3, -0.25) is 4.90 Å². The fourth-order valence-electron chi connectivity index (χ4n) is 2.52. The molecule has 106 valence electrons. The van der Waals surface area contributed by atoms with Crippen molar-refractivity contribution in [1.29, 1.82) is 0 Å². The molecule has 0 bridgehead atoms. The summed E-state index contributed by atoms with van der Waals surface area (Å²) in [5, 5.41) is 4.09. The summed E-state index contributed by atoms with van der Waals surface area (Å²) in [6.45, 7) is 4.56. The Labute approximate surface area is 127 Å². The maximum Gasteiger partial charge on any atom is 0.138 e. The van der Waals surface area contributed by atoms with Crippen molar-refractivity contribution in [3.05, 3.63) is 45.9 Å². The number of benzene rings is 1. The van der Waals surface area contributed by atoms with Gasteiger partial charge < -0.3 is 4.74 Å². The van der Waals surface area contributed by atoms with Crippen molar-refractivity contribution in [2.24, 2.45) is 0 Å². The monoisotopic (exact) mass is 309 g/mol. The molecule has 0 unspecified atom stereocenters. The number of hydrogen-bond acceptors (Lipinski definition) is 5. The van der Waals surface area contributed by atoms with Crippen LogP contribution in [-0.2, 0) is 11.3 Å². The Morgan fingerprint density at radius 2 is 2.15 bits per heavy atom. The third-order valence-corrected chi connectivity index (χ3v) is 4.37. The lowest BCUT2D eigenvalue weighted by molar-refractivity contribution is -0.0816. The second-order valence-electron chi connectivity index (χ2n) is 5.03. The molecule has 2 aromatic rings. The number of rotatable bonds is 3. The molecule has 0 saturated carbocycles. The zero-order valence-electron chi connectivity index (χ0n) is 11.2. The molecule has 3 rings (SSSR count). The molecule has 1 aromatic heterocycles. The minimum absolute atomic E-state index is 0.102. The van der Waals surface area contributed by atoms with Crippen LogP contribution in [0.15, 0.2) is 30.3 Å². The number of ether oxygens (including phenoxy) is 1. The molecule has 1 saturated heterocycles. The normalized spacial score (nSPS) is 23.9. The highest BCUT2D eigenvalue weighted by molar-refractivity contribution is 7.10. The van der Waals surface area contributed by atoms with Crippen LogP contribution in [0.3, 0.4) is 0 Å². The molecule has 2 atom stereocenters. The van der Waals surface area contributed by atoms with E-state index in [0.29, 0.717) is 4.34 Å². The summed E-state index contributed by atoms with van der Waals surface area (Å²) in [5.41, 5.74) is 2.07. The largest absolute Gasteiger partial charge is 0.368 e. The second kappa shape index (κ2) is 6.18. The molecule has 0 amide bonds. The highest BCUT2D eigenvalue weighted by atomic mass is 35.5. The fourth-order valence-corrected chi connectivity index (χ4v) is 3.13. The van der Waals surface area contributed by atoms with Crippen LogP contribution in [0.25, 0.3) is 0 Å². The molecule has 2 heterocycles. The molecule has 1 aromatic carbocycles. The van der Waals surface area contributed by atoms with Gasteiger partial charge in [-0.15, -0.1) is 5.10 Å². The Bertz CT molecular complexity index is 563. The van der Waals surface area contributed by atoms with E-state index in [1.165, 1.54) is 17.1 Å². The van der Waals surface area contributed by atoms with E-state index in [2.05, 4.69) is 33.5 Å². The lowest BCUT2D eigenvalue weighted by Gasteiger charge is -2.36. The van der Waals surface area contributed by atoms with Crippen molar-refractivity contribution < 1.29 is 4.74 Å². The topological polar surface area (TPSA) is 38.2 Å². The van der Waals surface area contributed by atoms with Crippen LogP contribution < -0.4 is 0 Å². The van der Waals surface area contributed by atoms with Gasteiger partial charge in [0.1, 0.15) is 10.0 Å². The molecule has 1 aliphatic rings. The average molecular weight is 310 g/mol. The summed E-state index contributed by atoms with van der Waals surface area (Å²) in [7, 11) is 0. The van der Waals surface area contributed by atoms with Gasteiger partial charge in [0.15, 0.2) is 0 Å². The SMILES string of the molecule is C[C@@H]1CN(Cc2nnsc2Cl)C[C@@H](c2ccccc2)O1. The van der Waals surface area contributed by atoms with Crippen molar-refractivity contribution in [2.45, 2.75) is 25.7 Å². The molecule has 4 nitrogen and oxygen atoms in total. The minimum Gasteiger partial charge on any atom is -0.368 e. The van der Waals surface area contributed by atoms with E-state index in [1.807, 2.05) is 18.2 Å². The van der Waals surface area contributed by atoms with E-state index >= 15 is 0 Å². The number of morpholine rings is 1. The van der Waals surface area contributed by atoms with Crippen LogP contribution in [0.1, 0.15) is 24.3 Å². The molecule has 6 heteroatoms. The summed E-state index contributed by atoms with van der Waals surface area (Å²) in [5.74, 6) is 0. The van der Waals surface area contributed by atoms with Crippen LogP contribution in [0.5, 0.6) is 0 Å². The summed E-state index contributed by atoms with van der Waals surface area (Å²) < 4.78 is 10.6. The Balaban J connectivity index is 1.72. The molecule has 1 fully saturated rings. The third-order valence-electron chi connectivity index (χ3n) is 3.39. The fraction of sp³-hybridized carbons (Fsp3) is 0.429. The van der Waals surface area contributed by atoms with Crippen molar-refractivity contribution in [3.8, 4) is 0 Å². The Kier molecular flexibility index (Phi) is 4.31. The number of halogens is 1. The number of aromatic nitrogens is 2. The van der Waals surface area contributed by atoms with Gasteiger partial charge in [0.2, 0.25) is 0 Å². The summed E-state index contributed by atoms with van der Waals surface area (Å²) in [4.78, 5) is 2.33. The standard InChI is InChI=1S/C14H16ClN3OS/c1-10-7-18(8-12-14(15)20-17-16-12)9-13(19-10)11-5-3-2-4-6-11/h2-6,10,13H,7-9H2,1H3/t10-,13+/m1/s1. The van der Waals surface area contributed by atoms with Gasteiger partial charge in [-0.2, -0.15) is 0 Å². The first kappa shape index (κ1) is 13.9. The zero-order valence-corrected chi connectivity index (χ0v) is 12.8. The summed E-state index contributed by atoms with van der Waals surface area (Å²) in [6, 6.07) is 10.3. The van der Waals surface area contributed by atoms with E-state index in [9.17, 15) is 0 Å².